The minimum absolute atomic E-state index is 0.594. The van der Waals surface area contributed by atoms with Crippen LogP contribution in [0.3, 0.4) is 0 Å². The number of rotatable bonds is 5. The van der Waals surface area contributed by atoms with Crippen LogP contribution in [0, 0.1) is 19.8 Å². The quantitative estimate of drug-likeness (QED) is 0.907. The van der Waals surface area contributed by atoms with Crippen LogP contribution in [0.2, 0.25) is 0 Å². The van der Waals surface area contributed by atoms with Crippen LogP contribution in [0.4, 0.5) is 0 Å². The number of aromatic nitrogens is 1. The molecule has 0 bridgehead atoms. The molecule has 0 radical (unpaired) electrons. The molecule has 3 nitrogen and oxygen atoms in total. The summed E-state index contributed by atoms with van der Waals surface area (Å²) >= 11 is 0. The van der Waals surface area contributed by atoms with Crippen molar-refractivity contribution in [3.63, 3.8) is 0 Å². The Hall–Kier alpha value is -1.61. The maximum Gasteiger partial charge on any atom is 0.137 e. The van der Waals surface area contributed by atoms with Gasteiger partial charge in [-0.15, -0.1) is 0 Å². The van der Waals surface area contributed by atoms with Crippen molar-refractivity contribution in [2.75, 3.05) is 0 Å². The van der Waals surface area contributed by atoms with Gasteiger partial charge in [0.2, 0.25) is 0 Å². The highest BCUT2D eigenvalue weighted by Crippen LogP contribution is 2.29. The van der Waals surface area contributed by atoms with E-state index in [0.29, 0.717) is 12.0 Å². The van der Waals surface area contributed by atoms with Crippen LogP contribution >= 0.6 is 0 Å². The maximum absolute atomic E-state index is 5.37. The van der Waals surface area contributed by atoms with Crippen molar-refractivity contribution in [3.8, 4) is 0 Å². The summed E-state index contributed by atoms with van der Waals surface area (Å²) in [6.45, 7) is 5.06. The van der Waals surface area contributed by atoms with Crippen molar-refractivity contribution in [2.24, 2.45) is 5.92 Å². The lowest BCUT2D eigenvalue weighted by Crippen LogP contribution is -2.32. The molecule has 0 unspecified atom stereocenters. The molecule has 21 heavy (non-hydrogen) atoms. The fourth-order valence-electron chi connectivity index (χ4n) is 3.28. The summed E-state index contributed by atoms with van der Waals surface area (Å²) in [5.74, 6) is 1.70. The van der Waals surface area contributed by atoms with Crippen molar-refractivity contribution in [1.82, 2.24) is 10.5 Å². The van der Waals surface area contributed by atoms with Crippen LogP contribution in [0.15, 0.2) is 34.9 Å². The van der Waals surface area contributed by atoms with E-state index >= 15 is 0 Å². The SMILES string of the molecule is Cc1ccc(CN[C@@H]2CCC[C@H]2Cc2cc(C)no2)cc1. The van der Waals surface area contributed by atoms with Crippen LogP contribution in [0.1, 0.15) is 41.8 Å². The van der Waals surface area contributed by atoms with Gasteiger partial charge in [0.1, 0.15) is 5.76 Å². The number of hydrogen-bond acceptors (Lipinski definition) is 3. The number of aryl methyl sites for hydroxylation is 2. The third-order valence-corrected chi connectivity index (χ3v) is 4.49. The summed E-state index contributed by atoms with van der Waals surface area (Å²) in [6, 6.07) is 11.4. The molecule has 1 aliphatic carbocycles. The molecule has 0 amide bonds. The number of hydrogen-bond donors (Lipinski definition) is 1. The average molecular weight is 284 g/mol. The van der Waals surface area contributed by atoms with Gasteiger partial charge in [-0.25, -0.2) is 0 Å². The van der Waals surface area contributed by atoms with Crippen LogP contribution in [0.5, 0.6) is 0 Å². The summed E-state index contributed by atoms with van der Waals surface area (Å²) in [5.41, 5.74) is 3.66. The number of benzene rings is 1. The van der Waals surface area contributed by atoms with E-state index in [4.69, 9.17) is 4.52 Å². The Labute approximate surface area is 126 Å². The maximum atomic E-state index is 5.37. The molecule has 2 atom stereocenters. The van der Waals surface area contributed by atoms with E-state index in [9.17, 15) is 0 Å². The molecule has 2 aromatic rings. The fraction of sp³-hybridized carbons (Fsp3) is 0.500. The van der Waals surface area contributed by atoms with Crippen LogP contribution in [-0.2, 0) is 13.0 Å². The lowest BCUT2D eigenvalue weighted by molar-refractivity contribution is 0.329. The first kappa shape index (κ1) is 14.3. The van der Waals surface area contributed by atoms with Crippen molar-refractivity contribution in [3.05, 3.63) is 52.9 Å². The normalized spacial score (nSPS) is 21.8. The Kier molecular flexibility index (Phi) is 4.39. The molecule has 1 heterocycles. The zero-order valence-corrected chi connectivity index (χ0v) is 12.9. The lowest BCUT2D eigenvalue weighted by atomic mass is 9.97. The van der Waals surface area contributed by atoms with Crippen LogP contribution < -0.4 is 5.32 Å². The predicted molar refractivity (Wildman–Crippen MR) is 84.1 cm³/mol. The van der Waals surface area contributed by atoms with Gasteiger partial charge in [-0.3, -0.25) is 0 Å². The molecular weight excluding hydrogens is 260 g/mol. The Morgan fingerprint density at radius 1 is 1.19 bits per heavy atom. The first-order valence-corrected chi connectivity index (χ1v) is 7.92. The van der Waals surface area contributed by atoms with E-state index in [1.54, 1.807) is 0 Å². The molecule has 0 spiro atoms. The zero-order chi connectivity index (χ0) is 14.7. The molecule has 1 saturated carbocycles. The van der Waals surface area contributed by atoms with Gasteiger partial charge in [-0.05, 0) is 38.2 Å². The Bertz CT molecular complexity index is 573. The molecule has 1 aromatic carbocycles. The summed E-state index contributed by atoms with van der Waals surface area (Å²) in [7, 11) is 0. The molecule has 0 aliphatic heterocycles. The smallest absolute Gasteiger partial charge is 0.137 e. The third-order valence-electron chi connectivity index (χ3n) is 4.49. The minimum Gasteiger partial charge on any atom is -0.361 e. The number of nitrogens with zero attached hydrogens (tertiary/aromatic N) is 1. The predicted octanol–water partition coefficient (Wildman–Crippen LogP) is 3.79. The summed E-state index contributed by atoms with van der Waals surface area (Å²) in [4.78, 5) is 0. The van der Waals surface area contributed by atoms with Gasteiger partial charge in [0.25, 0.3) is 0 Å². The second-order valence-electron chi connectivity index (χ2n) is 6.30. The number of nitrogens with one attached hydrogen (secondary N) is 1. The van der Waals surface area contributed by atoms with Crippen LogP contribution in [-0.4, -0.2) is 11.2 Å². The molecule has 1 aliphatic rings. The van der Waals surface area contributed by atoms with Gasteiger partial charge in [0.05, 0.1) is 5.69 Å². The van der Waals surface area contributed by atoms with Gasteiger partial charge >= 0.3 is 0 Å². The van der Waals surface area contributed by atoms with E-state index in [-0.39, 0.29) is 0 Å². The topological polar surface area (TPSA) is 38.1 Å². The minimum atomic E-state index is 0.594. The van der Waals surface area contributed by atoms with Gasteiger partial charge in [0.15, 0.2) is 0 Å². The second-order valence-corrected chi connectivity index (χ2v) is 6.30. The molecule has 0 saturated heterocycles. The van der Waals surface area contributed by atoms with Crippen molar-refractivity contribution in [1.29, 1.82) is 0 Å². The monoisotopic (exact) mass is 284 g/mol. The Morgan fingerprint density at radius 2 is 2.00 bits per heavy atom. The van der Waals surface area contributed by atoms with E-state index in [1.165, 1.54) is 30.4 Å². The molecular formula is C18H24N2O. The van der Waals surface area contributed by atoms with E-state index < -0.39 is 0 Å². The lowest BCUT2D eigenvalue weighted by Gasteiger charge is -2.20. The fourth-order valence-corrected chi connectivity index (χ4v) is 3.28. The second kappa shape index (κ2) is 6.44. The zero-order valence-electron chi connectivity index (χ0n) is 12.9. The average Bonchev–Trinajstić information content (AvgIpc) is 3.08. The van der Waals surface area contributed by atoms with Gasteiger partial charge in [0, 0.05) is 25.1 Å². The van der Waals surface area contributed by atoms with Crippen LogP contribution in [0.25, 0.3) is 0 Å². The summed E-state index contributed by atoms with van der Waals surface area (Å²) < 4.78 is 5.37. The molecule has 1 N–H and O–H groups in total. The highest BCUT2D eigenvalue weighted by Gasteiger charge is 2.27. The Morgan fingerprint density at radius 3 is 2.71 bits per heavy atom. The van der Waals surface area contributed by atoms with Crippen molar-refractivity contribution in [2.45, 2.75) is 52.1 Å². The first-order valence-electron chi connectivity index (χ1n) is 7.92. The molecule has 1 fully saturated rings. The van der Waals surface area contributed by atoms with E-state index in [2.05, 4.69) is 47.7 Å². The molecule has 3 rings (SSSR count). The van der Waals surface area contributed by atoms with E-state index in [0.717, 1.165) is 24.4 Å². The third kappa shape index (κ3) is 3.73. The summed E-state index contributed by atoms with van der Waals surface area (Å²) in [5, 5.41) is 7.72. The van der Waals surface area contributed by atoms with Gasteiger partial charge in [-0.2, -0.15) is 0 Å². The highest BCUT2D eigenvalue weighted by molar-refractivity contribution is 5.21. The largest absolute Gasteiger partial charge is 0.361 e. The summed E-state index contributed by atoms with van der Waals surface area (Å²) in [6.07, 6.45) is 4.87. The standard InChI is InChI=1S/C18H24N2O/c1-13-6-8-15(9-7-13)12-19-18-5-3-4-16(18)11-17-10-14(2)20-21-17/h6-10,16,18-19H,3-5,11-12H2,1-2H3/t16-,18+/m0/s1. The Balaban J connectivity index is 1.55. The van der Waals surface area contributed by atoms with E-state index in [1.807, 2.05) is 6.92 Å². The van der Waals surface area contributed by atoms with Crippen molar-refractivity contribution < 1.29 is 4.52 Å². The molecule has 1 aromatic heterocycles. The first-order chi connectivity index (χ1) is 10.2. The van der Waals surface area contributed by atoms with Gasteiger partial charge in [-0.1, -0.05) is 41.4 Å². The highest BCUT2D eigenvalue weighted by atomic mass is 16.5. The molecule has 3 heteroatoms. The van der Waals surface area contributed by atoms with Crippen molar-refractivity contribution >= 4 is 0 Å². The van der Waals surface area contributed by atoms with Gasteiger partial charge < -0.3 is 9.84 Å². The molecule has 112 valence electrons.